The summed E-state index contributed by atoms with van der Waals surface area (Å²) >= 11 is 7.79. The number of nitrogens with zero attached hydrogens (tertiary/aromatic N) is 3. The number of rotatable bonds is 8. The summed E-state index contributed by atoms with van der Waals surface area (Å²) in [4.78, 5) is 12.3. The molecule has 29 heavy (non-hydrogen) atoms. The summed E-state index contributed by atoms with van der Waals surface area (Å²) in [7, 11) is 0. The number of amides is 1. The lowest BCUT2D eigenvalue weighted by atomic mass is 10.1. The number of carbonyl (C=O) groups is 1. The van der Waals surface area contributed by atoms with Gasteiger partial charge in [0.25, 0.3) is 0 Å². The van der Waals surface area contributed by atoms with E-state index in [0.717, 1.165) is 11.1 Å². The summed E-state index contributed by atoms with van der Waals surface area (Å²) in [6.45, 7) is 6.79. The van der Waals surface area contributed by atoms with Crippen LogP contribution in [0.1, 0.15) is 26.3 Å². The number of aromatic nitrogens is 3. The number of hydrogen-bond acceptors (Lipinski definition) is 4. The molecule has 0 fully saturated rings. The molecule has 0 spiro atoms. The number of halogens is 1. The minimum absolute atomic E-state index is 0.00949. The number of benzene rings is 2. The minimum Gasteiger partial charge on any atom is -0.353 e. The molecule has 3 aromatic rings. The summed E-state index contributed by atoms with van der Waals surface area (Å²) in [5, 5.41) is 13.1. The van der Waals surface area contributed by atoms with Crippen LogP contribution in [0.25, 0.3) is 11.4 Å². The first-order valence-corrected chi connectivity index (χ1v) is 11.0. The first-order chi connectivity index (χ1) is 14.0. The van der Waals surface area contributed by atoms with Crippen LogP contribution in [0.15, 0.2) is 59.8 Å². The average molecular weight is 429 g/mol. The second-order valence-electron chi connectivity index (χ2n) is 7.25. The van der Waals surface area contributed by atoms with E-state index in [1.165, 1.54) is 11.8 Å². The Hall–Kier alpha value is -2.31. The lowest BCUT2D eigenvalue weighted by Gasteiger charge is -2.17. The van der Waals surface area contributed by atoms with E-state index in [1.807, 2.05) is 54.0 Å². The second-order valence-corrected chi connectivity index (χ2v) is 8.60. The topological polar surface area (TPSA) is 59.8 Å². The first kappa shape index (κ1) is 21.4. The Kier molecular flexibility index (Phi) is 7.34. The van der Waals surface area contributed by atoms with Crippen molar-refractivity contribution in [3.05, 3.63) is 65.2 Å². The Morgan fingerprint density at radius 3 is 2.45 bits per heavy atom. The van der Waals surface area contributed by atoms with Gasteiger partial charge in [-0.25, -0.2) is 0 Å². The maximum Gasteiger partial charge on any atom is 0.230 e. The predicted octanol–water partition coefficient (Wildman–Crippen LogP) is 4.90. The van der Waals surface area contributed by atoms with E-state index in [2.05, 4.69) is 41.5 Å². The van der Waals surface area contributed by atoms with Crippen molar-refractivity contribution in [2.45, 2.75) is 38.5 Å². The van der Waals surface area contributed by atoms with Gasteiger partial charge in [-0.2, -0.15) is 0 Å². The third-order valence-corrected chi connectivity index (χ3v) is 6.03. The zero-order chi connectivity index (χ0) is 20.8. The van der Waals surface area contributed by atoms with Crippen molar-refractivity contribution in [3.63, 3.8) is 0 Å². The molecule has 0 radical (unpaired) electrons. The van der Waals surface area contributed by atoms with Crippen LogP contribution < -0.4 is 5.32 Å². The molecule has 7 heteroatoms. The highest BCUT2D eigenvalue weighted by Crippen LogP contribution is 2.30. The average Bonchev–Trinajstić information content (AvgIpc) is 3.09. The van der Waals surface area contributed by atoms with Crippen LogP contribution in [0, 0.1) is 5.92 Å². The van der Waals surface area contributed by atoms with Crippen LogP contribution in [0.3, 0.4) is 0 Å². The molecule has 0 saturated heterocycles. The normalized spacial score (nSPS) is 12.2. The van der Waals surface area contributed by atoms with E-state index in [4.69, 9.17) is 11.6 Å². The molecule has 2 aromatic carbocycles. The zero-order valence-corrected chi connectivity index (χ0v) is 18.4. The monoisotopic (exact) mass is 428 g/mol. The molecule has 1 heterocycles. The molecule has 1 N–H and O–H groups in total. The van der Waals surface area contributed by atoms with Gasteiger partial charge in [0.1, 0.15) is 0 Å². The molecule has 152 valence electrons. The molecular weight excluding hydrogens is 404 g/mol. The van der Waals surface area contributed by atoms with Crippen LogP contribution in [0.4, 0.5) is 0 Å². The van der Waals surface area contributed by atoms with Gasteiger partial charge in [0, 0.05) is 11.6 Å². The Labute approximate surface area is 180 Å². The highest BCUT2D eigenvalue weighted by atomic mass is 35.5. The quantitative estimate of drug-likeness (QED) is 0.518. The van der Waals surface area contributed by atoms with Crippen molar-refractivity contribution < 1.29 is 4.79 Å². The molecule has 0 aliphatic heterocycles. The van der Waals surface area contributed by atoms with Crippen LogP contribution in [-0.4, -0.2) is 32.5 Å². The zero-order valence-electron chi connectivity index (χ0n) is 16.8. The SMILES string of the molecule is CC(C)C(C)NC(=O)CSc1nnc(-c2ccccc2Cl)n1Cc1ccccc1. The Morgan fingerprint density at radius 2 is 1.76 bits per heavy atom. The number of hydrogen-bond donors (Lipinski definition) is 1. The van der Waals surface area contributed by atoms with Gasteiger partial charge in [-0.05, 0) is 30.5 Å². The lowest BCUT2D eigenvalue weighted by molar-refractivity contribution is -0.119. The molecule has 1 unspecified atom stereocenters. The number of thioether (sulfide) groups is 1. The van der Waals surface area contributed by atoms with Crippen LogP contribution in [0.2, 0.25) is 5.02 Å². The molecule has 1 amide bonds. The summed E-state index contributed by atoms with van der Waals surface area (Å²) in [6, 6.07) is 17.8. The van der Waals surface area contributed by atoms with Gasteiger partial charge < -0.3 is 5.32 Å². The van der Waals surface area contributed by atoms with Crippen molar-refractivity contribution in [2.24, 2.45) is 5.92 Å². The van der Waals surface area contributed by atoms with E-state index < -0.39 is 0 Å². The smallest absolute Gasteiger partial charge is 0.230 e. The summed E-state index contributed by atoms with van der Waals surface area (Å²) in [5.41, 5.74) is 1.95. The number of carbonyl (C=O) groups excluding carboxylic acids is 1. The second kappa shape index (κ2) is 9.94. The molecule has 0 bridgehead atoms. The van der Waals surface area contributed by atoms with Gasteiger partial charge in [-0.15, -0.1) is 10.2 Å². The highest BCUT2D eigenvalue weighted by Gasteiger charge is 2.18. The molecule has 3 rings (SSSR count). The third-order valence-electron chi connectivity index (χ3n) is 4.74. The summed E-state index contributed by atoms with van der Waals surface area (Å²) < 4.78 is 2.01. The fourth-order valence-electron chi connectivity index (χ4n) is 2.74. The minimum atomic E-state index is -0.00949. The van der Waals surface area contributed by atoms with Crippen molar-refractivity contribution in [1.29, 1.82) is 0 Å². The van der Waals surface area contributed by atoms with Crippen LogP contribution in [-0.2, 0) is 11.3 Å². The van der Waals surface area contributed by atoms with Crippen molar-refractivity contribution in [2.75, 3.05) is 5.75 Å². The van der Waals surface area contributed by atoms with Gasteiger partial charge in [0.15, 0.2) is 11.0 Å². The van der Waals surface area contributed by atoms with Gasteiger partial charge >= 0.3 is 0 Å². The van der Waals surface area contributed by atoms with Crippen molar-refractivity contribution >= 4 is 29.3 Å². The van der Waals surface area contributed by atoms with Crippen LogP contribution in [0.5, 0.6) is 0 Å². The first-order valence-electron chi connectivity index (χ1n) is 9.60. The van der Waals surface area contributed by atoms with Crippen molar-refractivity contribution in [1.82, 2.24) is 20.1 Å². The molecule has 1 atom stereocenters. The number of nitrogens with one attached hydrogen (secondary N) is 1. The van der Waals surface area contributed by atoms with E-state index in [1.54, 1.807) is 0 Å². The van der Waals surface area contributed by atoms with Gasteiger partial charge in [0.05, 0.1) is 17.3 Å². The van der Waals surface area contributed by atoms with E-state index in [9.17, 15) is 4.79 Å². The standard InChI is InChI=1S/C22H25ClN4OS/c1-15(2)16(3)24-20(28)14-29-22-26-25-21(18-11-7-8-12-19(18)23)27(22)13-17-9-5-4-6-10-17/h4-12,15-16H,13-14H2,1-3H3,(H,24,28). The highest BCUT2D eigenvalue weighted by molar-refractivity contribution is 7.99. The Morgan fingerprint density at radius 1 is 1.07 bits per heavy atom. The van der Waals surface area contributed by atoms with Crippen molar-refractivity contribution in [3.8, 4) is 11.4 Å². The van der Waals surface area contributed by atoms with E-state index >= 15 is 0 Å². The lowest BCUT2D eigenvalue weighted by Crippen LogP contribution is -2.37. The predicted molar refractivity (Wildman–Crippen MR) is 119 cm³/mol. The largest absolute Gasteiger partial charge is 0.353 e. The van der Waals surface area contributed by atoms with E-state index in [-0.39, 0.29) is 17.7 Å². The van der Waals surface area contributed by atoms with Gasteiger partial charge in [0.2, 0.25) is 5.91 Å². The maximum atomic E-state index is 12.3. The summed E-state index contributed by atoms with van der Waals surface area (Å²) in [6.07, 6.45) is 0. The molecule has 0 saturated carbocycles. The maximum absolute atomic E-state index is 12.3. The van der Waals surface area contributed by atoms with E-state index in [0.29, 0.717) is 28.5 Å². The molecule has 1 aromatic heterocycles. The third kappa shape index (κ3) is 5.61. The van der Waals surface area contributed by atoms with Crippen LogP contribution >= 0.6 is 23.4 Å². The molecule has 0 aliphatic carbocycles. The molecular formula is C22H25ClN4OS. The van der Waals surface area contributed by atoms with Gasteiger partial charge in [-0.3, -0.25) is 9.36 Å². The molecule has 5 nitrogen and oxygen atoms in total. The summed E-state index contributed by atoms with van der Waals surface area (Å²) in [5.74, 6) is 1.35. The fraction of sp³-hybridized carbons (Fsp3) is 0.318. The van der Waals surface area contributed by atoms with Gasteiger partial charge in [-0.1, -0.05) is 79.7 Å². The fourth-order valence-corrected chi connectivity index (χ4v) is 3.71. The molecule has 0 aliphatic rings. The Balaban J connectivity index is 1.85. The Bertz CT molecular complexity index is 958.